The Morgan fingerprint density at radius 3 is 2.37 bits per heavy atom. The highest BCUT2D eigenvalue weighted by atomic mass is 16.4. The van der Waals surface area contributed by atoms with Gasteiger partial charge in [0.1, 0.15) is 18.1 Å². The van der Waals surface area contributed by atoms with Gasteiger partial charge in [-0.25, -0.2) is 0 Å². The summed E-state index contributed by atoms with van der Waals surface area (Å²) in [5.74, 6) is -2.99. The fourth-order valence-corrected chi connectivity index (χ4v) is 2.84. The summed E-state index contributed by atoms with van der Waals surface area (Å²) in [6.07, 6.45) is 1.62. The first kappa shape index (κ1) is 22.8. The van der Waals surface area contributed by atoms with Gasteiger partial charge in [0.05, 0.1) is 12.6 Å². The topological polar surface area (TPSA) is 162 Å². The van der Waals surface area contributed by atoms with Crippen LogP contribution in [0.4, 0.5) is 0 Å². The SMILES string of the molecule is CCC(C)C(N)C(=O)NC(CO)C(=O)N1CCCC1C(=O)NC(C)C(=O)O. The summed E-state index contributed by atoms with van der Waals surface area (Å²) in [7, 11) is 0. The van der Waals surface area contributed by atoms with Gasteiger partial charge in [-0.1, -0.05) is 20.3 Å². The predicted molar refractivity (Wildman–Crippen MR) is 96.4 cm³/mol. The molecular formula is C17H30N4O6. The van der Waals surface area contributed by atoms with Crippen LogP contribution >= 0.6 is 0 Å². The Morgan fingerprint density at radius 2 is 1.85 bits per heavy atom. The largest absolute Gasteiger partial charge is 0.480 e. The van der Waals surface area contributed by atoms with Gasteiger partial charge >= 0.3 is 5.97 Å². The third-order valence-electron chi connectivity index (χ3n) is 4.92. The molecule has 0 aliphatic carbocycles. The molecule has 6 N–H and O–H groups in total. The lowest BCUT2D eigenvalue weighted by molar-refractivity contribution is -0.145. The molecule has 1 heterocycles. The average molecular weight is 386 g/mol. The number of rotatable bonds is 9. The van der Waals surface area contributed by atoms with E-state index in [2.05, 4.69) is 10.6 Å². The zero-order chi connectivity index (χ0) is 20.7. The highest BCUT2D eigenvalue weighted by Crippen LogP contribution is 2.19. The van der Waals surface area contributed by atoms with E-state index in [9.17, 15) is 24.3 Å². The van der Waals surface area contributed by atoms with Crippen molar-refractivity contribution in [2.45, 2.75) is 64.2 Å². The van der Waals surface area contributed by atoms with E-state index in [1.165, 1.54) is 11.8 Å². The standard InChI is InChI=1S/C17H30N4O6/c1-4-9(2)13(18)15(24)20-11(8-22)16(25)21-7-5-6-12(21)14(23)19-10(3)17(26)27/h9-13,22H,4-8,18H2,1-3H3,(H,19,23)(H,20,24)(H,26,27). The Balaban J connectivity index is 2.79. The molecular weight excluding hydrogens is 356 g/mol. The lowest BCUT2D eigenvalue weighted by Gasteiger charge is -2.29. The monoisotopic (exact) mass is 386 g/mol. The van der Waals surface area contributed by atoms with Crippen LogP contribution in [-0.2, 0) is 19.2 Å². The third-order valence-corrected chi connectivity index (χ3v) is 4.92. The van der Waals surface area contributed by atoms with E-state index in [4.69, 9.17) is 10.8 Å². The molecule has 3 amide bonds. The van der Waals surface area contributed by atoms with Crippen molar-refractivity contribution >= 4 is 23.7 Å². The van der Waals surface area contributed by atoms with Crippen molar-refractivity contribution < 1.29 is 29.4 Å². The predicted octanol–water partition coefficient (Wildman–Crippen LogP) is -1.58. The molecule has 10 nitrogen and oxygen atoms in total. The van der Waals surface area contributed by atoms with Gasteiger partial charge in [-0.15, -0.1) is 0 Å². The lowest BCUT2D eigenvalue weighted by atomic mass is 9.99. The van der Waals surface area contributed by atoms with Crippen molar-refractivity contribution in [2.24, 2.45) is 11.7 Å². The summed E-state index contributed by atoms with van der Waals surface area (Å²) in [6.45, 7) is 4.67. The quantitative estimate of drug-likeness (QED) is 0.319. The van der Waals surface area contributed by atoms with Crippen LogP contribution in [0.2, 0.25) is 0 Å². The van der Waals surface area contributed by atoms with Crippen molar-refractivity contribution in [3.63, 3.8) is 0 Å². The number of carbonyl (C=O) groups excluding carboxylic acids is 3. The van der Waals surface area contributed by atoms with E-state index in [0.29, 0.717) is 19.3 Å². The fraction of sp³-hybridized carbons (Fsp3) is 0.765. The van der Waals surface area contributed by atoms with Crippen LogP contribution in [0.3, 0.4) is 0 Å². The third kappa shape index (κ3) is 5.90. The van der Waals surface area contributed by atoms with E-state index < -0.39 is 54.5 Å². The first-order valence-corrected chi connectivity index (χ1v) is 9.14. The molecule has 0 saturated carbocycles. The maximum atomic E-state index is 12.7. The number of carboxylic acids is 1. The van der Waals surface area contributed by atoms with E-state index in [0.717, 1.165) is 0 Å². The molecule has 5 atom stereocenters. The summed E-state index contributed by atoms with van der Waals surface area (Å²) in [6, 6.07) is -3.95. The fourth-order valence-electron chi connectivity index (χ4n) is 2.84. The van der Waals surface area contributed by atoms with Gasteiger partial charge in [-0.2, -0.15) is 0 Å². The number of carbonyl (C=O) groups is 4. The van der Waals surface area contributed by atoms with Crippen LogP contribution in [0.15, 0.2) is 0 Å². The van der Waals surface area contributed by atoms with Gasteiger partial charge in [0.2, 0.25) is 17.7 Å². The normalized spacial score (nSPS) is 21.1. The summed E-state index contributed by atoms with van der Waals surface area (Å²) in [4.78, 5) is 49.4. The smallest absolute Gasteiger partial charge is 0.325 e. The van der Waals surface area contributed by atoms with Crippen molar-refractivity contribution in [1.82, 2.24) is 15.5 Å². The molecule has 154 valence electrons. The van der Waals surface area contributed by atoms with E-state index >= 15 is 0 Å². The molecule has 0 aromatic heterocycles. The van der Waals surface area contributed by atoms with Gasteiger partial charge in [-0.05, 0) is 25.7 Å². The summed E-state index contributed by atoms with van der Waals surface area (Å²) in [5, 5.41) is 23.2. The lowest BCUT2D eigenvalue weighted by Crippen LogP contribution is -2.58. The van der Waals surface area contributed by atoms with Crippen molar-refractivity contribution in [1.29, 1.82) is 0 Å². The number of carboxylic acid groups (broad SMARTS) is 1. The molecule has 0 spiro atoms. The van der Waals surface area contributed by atoms with Crippen LogP contribution in [0, 0.1) is 5.92 Å². The summed E-state index contributed by atoms with van der Waals surface area (Å²) < 4.78 is 0. The zero-order valence-electron chi connectivity index (χ0n) is 16.0. The summed E-state index contributed by atoms with van der Waals surface area (Å²) in [5.41, 5.74) is 5.85. The molecule has 1 aliphatic rings. The van der Waals surface area contributed by atoms with Crippen LogP contribution < -0.4 is 16.4 Å². The number of hydrogen-bond acceptors (Lipinski definition) is 6. The van der Waals surface area contributed by atoms with Gasteiger partial charge in [-0.3, -0.25) is 19.2 Å². The highest BCUT2D eigenvalue weighted by Gasteiger charge is 2.38. The molecule has 0 aromatic carbocycles. The molecule has 10 heteroatoms. The molecule has 5 unspecified atom stereocenters. The number of nitrogens with two attached hydrogens (primary N) is 1. The Morgan fingerprint density at radius 1 is 1.22 bits per heavy atom. The minimum Gasteiger partial charge on any atom is -0.480 e. The average Bonchev–Trinajstić information content (AvgIpc) is 3.13. The molecule has 1 fully saturated rings. The molecule has 1 rings (SSSR count). The van der Waals surface area contributed by atoms with E-state index in [1.807, 2.05) is 13.8 Å². The van der Waals surface area contributed by atoms with Gasteiger partial charge < -0.3 is 31.5 Å². The number of nitrogens with one attached hydrogen (secondary N) is 2. The molecule has 0 aromatic rings. The first-order chi connectivity index (χ1) is 12.6. The van der Waals surface area contributed by atoms with Gasteiger partial charge in [0.15, 0.2) is 0 Å². The van der Waals surface area contributed by atoms with Crippen LogP contribution in [0.1, 0.15) is 40.0 Å². The number of aliphatic carboxylic acids is 1. The molecule has 1 saturated heterocycles. The maximum Gasteiger partial charge on any atom is 0.325 e. The molecule has 1 aliphatic heterocycles. The van der Waals surface area contributed by atoms with Crippen LogP contribution in [0.5, 0.6) is 0 Å². The van der Waals surface area contributed by atoms with E-state index in [1.54, 1.807) is 0 Å². The molecule has 0 radical (unpaired) electrons. The minimum absolute atomic E-state index is 0.0951. The van der Waals surface area contributed by atoms with Crippen LogP contribution in [-0.4, -0.2) is 76.1 Å². The molecule has 0 bridgehead atoms. The number of hydrogen-bond donors (Lipinski definition) is 5. The summed E-state index contributed by atoms with van der Waals surface area (Å²) >= 11 is 0. The van der Waals surface area contributed by atoms with E-state index in [-0.39, 0.29) is 12.5 Å². The molecule has 27 heavy (non-hydrogen) atoms. The Bertz CT molecular complexity index is 570. The Hall–Kier alpha value is -2.20. The highest BCUT2D eigenvalue weighted by molar-refractivity contribution is 5.94. The second kappa shape index (κ2) is 10.2. The number of aliphatic hydroxyl groups excluding tert-OH is 1. The maximum absolute atomic E-state index is 12.7. The second-order valence-corrected chi connectivity index (χ2v) is 6.91. The number of likely N-dealkylation sites (tertiary alicyclic amines) is 1. The zero-order valence-corrected chi connectivity index (χ0v) is 16.0. The van der Waals surface area contributed by atoms with Crippen LogP contribution in [0.25, 0.3) is 0 Å². The number of aliphatic hydroxyl groups is 1. The van der Waals surface area contributed by atoms with Crippen molar-refractivity contribution in [3.8, 4) is 0 Å². The Labute approximate surface area is 158 Å². The van der Waals surface area contributed by atoms with Crippen molar-refractivity contribution in [2.75, 3.05) is 13.2 Å². The first-order valence-electron chi connectivity index (χ1n) is 9.14. The second-order valence-electron chi connectivity index (χ2n) is 6.91. The Kier molecular flexibility index (Phi) is 8.64. The van der Waals surface area contributed by atoms with Crippen molar-refractivity contribution in [3.05, 3.63) is 0 Å². The number of amides is 3. The number of nitrogens with zero attached hydrogens (tertiary/aromatic N) is 1. The van der Waals surface area contributed by atoms with Gasteiger partial charge in [0.25, 0.3) is 0 Å². The minimum atomic E-state index is -1.21. The van der Waals surface area contributed by atoms with Gasteiger partial charge in [0, 0.05) is 6.54 Å².